The van der Waals surface area contributed by atoms with Crippen molar-refractivity contribution in [1.82, 2.24) is 0 Å². The summed E-state index contributed by atoms with van der Waals surface area (Å²) in [5.74, 6) is -0.0925. The largest absolute Gasteiger partial charge is 0.489 e. The summed E-state index contributed by atoms with van der Waals surface area (Å²) in [6.07, 6.45) is 0. The Morgan fingerprint density at radius 1 is 1.10 bits per heavy atom. The van der Waals surface area contributed by atoms with Gasteiger partial charge in [0.25, 0.3) is 0 Å². The first-order valence-electron chi connectivity index (χ1n) is 6.34. The van der Waals surface area contributed by atoms with Gasteiger partial charge in [0.05, 0.1) is 12.2 Å². The molecule has 0 aliphatic carbocycles. The van der Waals surface area contributed by atoms with Crippen molar-refractivity contribution in [3.63, 3.8) is 0 Å². The Hall–Kier alpha value is -2.36. The van der Waals surface area contributed by atoms with Gasteiger partial charge in [-0.05, 0) is 37.3 Å². The lowest BCUT2D eigenvalue weighted by Crippen LogP contribution is -2.04. The summed E-state index contributed by atoms with van der Waals surface area (Å²) in [5, 5.41) is 0. The Kier molecular flexibility index (Phi) is 4.71. The van der Waals surface area contributed by atoms with E-state index in [0.717, 1.165) is 0 Å². The fraction of sp³-hybridized carbons (Fsp3) is 0.188. The predicted octanol–water partition coefficient (Wildman–Crippen LogP) is 3.58. The molecule has 2 aromatic carbocycles. The quantitative estimate of drug-likeness (QED) is 0.782. The molecule has 4 heteroatoms. The second kappa shape index (κ2) is 6.70. The fourth-order valence-corrected chi connectivity index (χ4v) is 1.68. The molecule has 0 N–H and O–H groups in total. The van der Waals surface area contributed by atoms with Crippen LogP contribution in [0.15, 0.2) is 48.5 Å². The van der Waals surface area contributed by atoms with Gasteiger partial charge in [-0.1, -0.05) is 18.2 Å². The van der Waals surface area contributed by atoms with Crippen molar-refractivity contribution in [2.24, 2.45) is 0 Å². The zero-order valence-electron chi connectivity index (χ0n) is 11.1. The molecule has 0 saturated carbocycles. The Labute approximate surface area is 117 Å². The fourth-order valence-electron chi connectivity index (χ4n) is 1.68. The van der Waals surface area contributed by atoms with Crippen LogP contribution in [0.25, 0.3) is 0 Å². The molecular weight excluding hydrogens is 259 g/mol. The lowest BCUT2D eigenvalue weighted by atomic mass is 10.2. The minimum absolute atomic E-state index is 0.144. The standard InChI is InChI=1S/C16H15FO3/c1-2-19-16(18)12-7-9-14(10-8-12)20-11-13-5-3-4-6-15(13)17/h3-10H,2,11H2,1H3. The van der Waals surface area contributed by atoms with Gasteiger partial charge in [0.15, 0.2) is 0 Å². The zero-order chi connectivity index (χ0) is 14.4. The summed E-state index contributed by atoms with van der Waals surface area (Å²) in [4.78, 5) is 11.5. The van der Waals surface area contributed by atoms with Gasteiger partial charge >= 0.3 is 5.97 Å². The molecule has 0 aromatic heterocycles. The average Bonchev–Trinajstić information content (AvgIpc) is 2.47. The van der Waals surface area contributed by atoms with Crippen LogP contribution in [0, 0.1) is 5.82 Å². The third-order valence-corrected chi connectivity index (χ3v) is 2.72. The van der Waals surface area contributed by atoms with Crippen molar-refractivity contribution in [3.05, 3.63) is 65.5 Å². The van der Waals surface area contributed by atoms with Crippen molar-refractivity contribution in [1.29, 1.82) is 0 Å². The molecule has 0 saturated heterocycles. The van der Waals surface area contributed by atoms with Crippen LogP contribution in [0.4, 0.5) is 4.39 Å². The highest BCUT2D eigenvalue weighted by molar-refractivity contribution is 5.89. The highest BCUT2D eigenvalue weighted by Gasteiger charge is 2.06. The average molecular weight is 274 g/mol. The SMILES string of the molecule is CCOC(=O)c1ccc(OCc2ccccc2F)cc1. The van der Waals surface area contributed by atoms with Crippen molar-refractivity contribution < 1.29 is 18.7 Å². The monoisotopic (exact) mass is 274 g/mol. The predicted molar refractivity (Wildman–Crippen MR) is 73.1 cm³/mol. The Bertz CT molecular complexity index is 579. The third kappa shape index (κ3) is 3.57. The molecule has 0 aliphatic heterocycles. The van der Waals surface area contributed by atoms with Crippen LogP contribution in [0.3, 0.4) is 0 Å². The minimum atomic E-state index is -0.367. The van der Waals surface area contributed by atoms with E-state index in [1.807, 2.05) is 0 Å². The molecule has 0 radical (unpaired) electrons. The number of carbonyl (C=O) groups is 1. The minimum Gasteiger partial charge on any atom is -0.489 e. The Morgan fingerprint density at radius 2 is 1.80 bits per heavy atom. The van der Waals surface area contributed by atoms with Crippen LogP contribution in [0.2, 0.25) is 0 Å². The number of rotatable bonds is 5. The van der Waals surface area contributed by atoms with Crippen molar-refractivity contribution in [2.45, 2.75) is 13.5 Å². The molecule has 2 rings (SSSR count). The van der Waals surface area contributed by atoms with Gasteiger partial charge in [0.1, 0.15) is 18.2 Å². The van der Waals surface area contributed by atoms with E-state index in [0.29, 0.717) is 23.5 Å². The van der Waals surface area contributed by atoms with Crippen LogP contribution >= 0.6 is 0 Å². The maximum absolute atomic E-state index is 13.4. The van der Waals surface area contributed by atoms with E-state index in [4.69, 9.17) is 9.47 Å². The van der Waals surface area contributed by atoms with E-state index in [1.54, 1.807) is 49.4 Å². The molecule has 0 unspecified atom stereocenters. The zero-order valence-corrected chi connectivity index (χ0v) is 11.1. The lowest BCUT2D eigenvalue weighted by Gasteiger charge is -2.08. The molecule has 2 aromatic rings. The van der Waals surface area contributed by atoms with Crippen LogP contribution in [0.1, 0.15) is 22.8 Å². The Balaban J connectivity index is 1.98. The smallest absolute Gasteiger partial charge is 0.338 e. The second-order valence-corrected chi connectivity index (χ2v) is 4.12. The number of hydrogen-bond donors (Lipinski definition) is 0. The molecule has 104 valence electrons. The van der Waals surface area contributed by atoms with Crippen LogP contribution in [-0.4, -0.2) is 12.6 Å². The topological polar surface area (TPSA) is 35.5 Å². The van der Waals surface area contributed by atoms with Crippen molar-refractivity contribution in [3.8, 4) is 5.75 Å². The van der Waals surface area contributed by atoms with E-state index in [9.17, 15) is 9.18 Å². The van der Waals surface area contributed by atoms with E-state index < -0.39 is 0 Å². The normalized spacial score (nSPS) is 10.1. The van der Waals surface area contributed by atoms with E-state index in [2.05, 4.69) is 0 Å². The van der Waals surface area contributed by atoms with Crippen LogP contribution in [-0.2, 0) is 11.3 Å². The maximum Gasteiger partial charge on any atom is 0.338 e. The highest BCUT2D eigenvalue weighted by atomic mass is 19.1. The molecule has 3 nitrogen and oxygen atoms in total. The molecule has 20 heavy (non-hydrogen) atoms. The highest BCUT2D eigenvalue weighted by Crippen LogP contribution is 2.16. The molecule has 0 fully saturated rings. The Morgan fingerprint density at radius 3 is 2.45 bits per heavy atom. The number of esters is 1. The van der Waals surface area contributed by atoms with E-state index in [1.165, 1.54) is 6.07 Å². The van der Waals surface area contributed by atoms with E-state index in [-0.39, 0.29) is 18.4 Å². The summed E-state index contributed by atoms with van der Waals surface area (Å²) >= 11 is 0. The van der Waals surface area contributed by atoms with Crippen LogP contribution in [0.5, 0.6) is 5.75 Å². The van der Waals surface area contributed by atoms with Gasteiger partial charge in [-0.25, -0.2) is 9.18 Å². The van der Waals surface area contributed by atoms with Crippen molar-refractivity contribution >= 4 is 5.97 Å². The molecule has 0 heterocycles. The number of halogens is 1. The van der Waals surface area contributed by atoms with E-state index >= 15 is 0 Å². The van der Waals surface area contributed by atoms with Gasteiger partial charge in [-0.15, -0.1) is 0 Å². The molecule has 0 amide bonds. The lowest BCUT2D eigenvalue weighted by molar-refractivity contribution is 0.0526. The first-order valence-corrected chi connectivity index (χ1v) is 6.34. The maximum atomic E-state index is 13.4. The summed E-state index contributed by atoms with van der Waals surface area (Å²) in [6.45, 7) is 2.24. The number of carbonyl (C=O) groups excluding carboxylic acids is 1. The first-order chi connectivity index (χ1) is 9.70. The third-order valence-electron chi connectivity index (χ3n) is 2.72. The molecular formula is C16H15FO3. The van der Waals surface area contributed by atoms with Gasteiger partial charge in [-0.2, -0.15) is 0 Å². The summed E-state index contributed by atoms with van der Waals surface area (Å²) < 4.78 is 23.8. The summed E-state index contributed by atoms with van der Waals surface area (Å²) in [6, 6.07) is 13.0. The molecule has 0 bridgehead atoms. The molecule has 0 atom stereocenters. The summed E-state index contributed by atoms with van der Waals surface area (Å²) in [7, 11) is 0. The van der Waals surface area contributed by atoms with Crippen molar-refractivity contribution in [2.75, 3.05) is 6.61 Å². The molecule has 0 aliphatic rings. The number of benzene rings is 2. The second-order valence-electron chi connectivity index (χ2n) is 4.12. The number of ether oxygens (including phenoxy) is 2. The first kappa shape index (κ1) is 14.1. The van der Waals surface area contributed by atoms with Gasteiger partial charge < -0.3 is 9.47 Å². The van der Waals surface area contributed by atoms with Crippen LogP contribution < -0.4 is 4.74 Å². The van der Waals surface area contributed by atoms with Gasteiger partial charge in [0, 0.05) is 5.56 Å². The number of hydrogen-bond acceptors (Lipinski definition) is 3. The summed E-state index contributed by atoms with van der Waals surface area (Å²) in [5.41, 5.74) is 0.951. The van der Waals surface area contributed by atoms with Gasteiger partial charge in [0.2, 0.25) is 0 Å². The molecule has 0 spiro atoms. The van der Waals surface area contributed by atoms with Gasteiger partial charge in [-0.3, -0.25) is 0 Å².